The smallest absolute Gasteiger partial charge is 0.254 e. The van der Waals surface area contributed by atoms with Crippen molar-refractivity contribution in [3.63, 3.8) is 0 Å². The molecule has 1 atom stereocenters. The number of carbonyl (C=O) groups excluding carboxylic acids is 1. The maximum Gasteiger partial charge on any atom is 0.254 e. The third-order valence-corrected chi connectivity index (χ3v) is 3.96. The molecule has 1 fully saturated rings. The molecule has 0 radical (unpaired) electrons. The number of methoxy groups -OCH3 is 1. The summed E-state index contributed by atoms with van der Waals surface area (Å²) < 4.78 is 10.5. The van der Waals surface area contributed by atoms with Crippen LogP contribution in [0.15, 0.2) is 22.9 Å². The van der Waals surface area contributed by atoms with Crippen LogP contribution >= 0.6 is 0 Å². The van der Waals surface area contributed by atoms with Gasteiger partial charge in [-0.25, -0.2) is 4.98 Å². The summed E-state index contributed by atoms with van der Waals surface area (Å²) >= 11 is 0. The number of rotatable bonds is 4. The molecule has 0 saturated carbocycles. The van der Waals surface area contributed by atoms with Crippen LogP contribution in [0.25, 0.3) is 0 Å². The largest absolute Gasteiger partial charge is 0.481 e. The molecule has 1 aliphatic rings. The summed E-state index contributed by atoms with van der Waals surface area (Å²) in [6.45, 7) is 4.69. The predicted octanol–water partition coefficient (Wildman–Crippen LogP) is 2.57. The summed E-state index contributed by atoms with van der Waals surface area (Å²) in [6.07, 6.45) is 3.31. The van der Waals surface area contributed by atoms with Crippen molar-refractivity contribution >= 4 is 5.91 Å². The lowest BCUT2D eigenvalue weighted by molar-refractivity contribution is 0.0709. The van der Waals surface area contributed by atoms with Crippen LogP contribution in [0.4, 0.5) is 0 Å². The van der Waals surface area contributed by atoms with Crippen LogP contribution in [0.3, 0.4) is 0 Å². The quantitative estimate of drug-likeness (QED) is 0.862. The van der Waals surface area contributed by atoms with Crippen LogP contribution in [0.5, 0.6) is 5.88 Å². The summed E-state index contributed by atoms with van der Waals surface area (Å²) in [4.78, 5) is 23.1. The van der Waals surface area contributed by atoms with Crippen LogP contribution in [0, 0.1) is 0 Å². The Morgan fingerprint density at radius 1 is 1.48 bits per heavy atom. The number of amides is 1. The molecule has 23 heavy (non-hydrogen) atoms. The summed E-state index contributed by atoms with van der Waals surface area (Å²) in [5.74, 6) is 1.73. The van der Waals surface area contributed by atoms with Crippen LogP contribution < -0.4 is 4.74 Å². The van der Waals surface area contributed by atoms with Gasteiger partial charge in [-0.3, -0.25) is 4.79 Å². The van der Waals surface area contributed by atoms with Crippen molar-refractivity contribution in [2.75, 3.05) is 13.7 Å². The van der Waals surface area contributed by atoms with Gasteiger partial charge in [-0.1, -0.05) is 19.0 Å². The van der Waals surface area contributed by atoms with Crippen molar-refractivity contribution in [1.29, 1.82) is 0 Å². The van der Waals surface area contributed by atoms with E-state index in [1.165, 1.54) is 7.11 Å². The van der Waals surface area contributed by atoms with Crippen molar-refractivity contribution < 1.29 is 14.1 Å². The first kappa shape index (κ1) is 15.5. The van der Waals surface area contributed by atoms with Gasteiger partial charge in [0.25, 0.3) is 5.91 Å². The maximum absolute atomic E-state index is 12.8. The molecule has 0 aromatic carbocycles. The van der Waals surface area contributed by atoms with Gasteiger partial charge in [0.15, 0.2) is 5.82 Å². The second-order valence-electron chi connectivity index (χ2n) is 5.89. The average molecular weight is 316 g/mol. The van der Waals surface area contributed by atoms with E-state index in [-0.39, 0.29) is 17.9 Å². The van der Waals surface area contributed by atoms with Crippen molar-refractivity contribution in [2.45, 2.75) is 38.6 Å². The predicted molar refractivity (Wildman–Crippen MR) is 82.2 cm³/mol. The average Bonchev–Trinajstić information content (AvgIpc) is 3.22. The number of ether oxygens (including phenoxy) is 1. The molecule has 1 amide bonds. The van der Waals surface area contributed by atoms with E-state index in [2.05, 4.69) is 15.1 Å². The minimum atomic E-state index is -0.165. The normalized spacial score (nSPS) is 17.7. The molecule has 0 aliphatic carbocycles. The zero-order valence-corrected chi connectivity index (χ0v) is 13.5. The van der Waals surface area contributed by atoms with E-state index < -0.39 is 0 Å². The van der Waals surface area contributed by atoms with E-state index in [0.717, 1.165) is 12.8 Å². The molecule has 2 aromatic heterocycles. The third-order valence-electron chi connectivity index (χ3n) is 3.96. The molecule has 0 N–H and O–H groups in total. The zero-order valence-electron chi connectivity index (χ0n) is 13.5. The first-order chi connectivity index (χ1) is 11.1. The maximum atomic E-state index is 12.8. The molecule has 1 unspecified atom stereocenters. The SMILES string of the molecule is COc1cc(C(=O)N2CCCC2c2nc(C(C)C)no2)ccn1. The topological polar surface area (TPSA) is 81.4 Å². The van der Waals surface area contributed by atoms with Gasteiger partial charge in [-0.05, 0) is 18.9 Å². The number of nitrogens with zero attached hydrogens (tertiary/aromatic N) is 4. The lowest BCUT2D eigenvalue weighted by Crippen LogP contribution is -2.30. The fourth-order valence-electron chi connectivity index (χ4n) is 2.70. The highest BCUT2D eigenvalue weighted by atomic mass is 16.5. The second kappa shape index (κ2) is 6.36. The van der Waals surface area contributed by atoms with E-state index in [1.54, 1.807) is 23.2 Å². The molecule has 0 spiro atoms. The van der Waals surface area contributed by atoms with Crippen LogP contribution in [-0.2, 0) is 0 Å². The lowest BCUT2D eigenvalue weighted by Gasteiger charge is -2.22. The Bertz CT molecular complexity index is 698. The highest BCUT2D eigenvalue weighted by Crippen LogP contribution is 2.33. The van der Waals surface area contributed by atoms with E-state index >= 15 is 0 Å². The molecular weight excluding hydrogens is 296 g/mol. The van der Waals surface area contributed by atoms with E-state index in [4.69, 9.17) is 9.26 Å². The summed E-state index contributed by atoms with van der Waals surface area (Å²) in [6, 6.07) is 3.17. The van der Waals surface area contributed by atoms with E-state index in [9.17, 15) is 4.79 Å². The number of likely N-dealkylation sites (tertiary alicyclic amines) is 1. The van der Waals surface area contributed by atoms with Crippen molar-refractivity contribution in [3.05, 3.63) is 35.6 Å². The number of hydrogen-bond donors (Lipinski definition) is 0. The van der Waals surface area contributed by atoms with Gasteiger partial charge in [-0.15, -0.1) is 0 Å². The van der Waals surface area contributed by atoms with Gasteiger partial charge >= 0.3 is 0 Å². The van der Waals surface area contributed by atoms with Crippen LogP contribution in [0.2, 0.25) is 0 Å². The summed E-state index contributed by atoms with van der Waals surface area (Å²) in [5, 5.41) is 4.00. The molecular formula is C16H20N4O3. The van der Waals surface area contributed by atoms with Crippen molar-refractivity contribution in [1.82, 2.24) is 20.0 Å². The Morgan fingerprint density at radius 2 is 2.30 bits per heavy atom. The Morgan fingerprint density at radius 3 is 3.00 bits per heavy atom. The van der Waals surface area contributed by atoms with Crippen molar-refractivity contribution in [3.8, 4) is 5.88 Å². The number of pyridine rings is 1. The van der Waals surface area contributed by atoms with Crippen LogP contribution in [-0.4, -0.2) is 39.6 Å². The minimum absolute atomic E-state index is 0.0718. The molecule has 7 heteroatoms. The molecule has 0 bridgehead atoms. The highest BCUT2D eigenvalue weighted by molar-refractivity contribution is 5.94. The standard InChI is InChI=1S/C16H20N4O3/c1-10(2)14-18-15(23-19-14)12-5-4-8-20(12)16(21)11-6-7-17-13(9-11)22-3/h6-7,9-10,12H,4-5,8H2,1-3H3. The van der Waals surface area contributed by atoms with Crippen molar-refractivity contribution in [2.24, 2.45) is 0 Å². The first-order valence-corrected chi connectivity index (χ1v) is 7.74. The summed E-state index contributed by atoms with van der Waals surface area (Å²) in [7, 11) is 1.53. The Balaban J connectivity index is 1.84. The molecule has 3 heterocycles. The molecule has 2 aromatic rings. The third kappa shape index (κ3) is 3.04. The number of hydrogen-bond acceptors (Lipinski definition) is 6. The fraction of sp³-hybridized carbons (Fsp3) is 0.500. The molecule has 1 aliphatic heterocycles. The number of aromatic nitrogens is 3. The number of carbonyl (C=O) groups is 1. The lowest BCUT2D eigenvalue weighted by atomic mass is 10.2. The fourth-order valence-corrected chi connectivity index (χ4v) is 2.70. The van der Waals surface area contributed by atoms with Gasteiger partial charge in [0.2, 0.25) is 11.8 Å². The van der Waals surface area contributed by atoms with Gasteiger partial charge in [0.1, 0.15) is 6.04 Å². The summed E-state index contributed by atoms with van der Waals surface area (Å²) in [5.41, 5.74) is 0.548. The Kier molecular flexibility index (Phi) is 4.27. The zero-order chi connectivity index (χ0) is 16.4. The van der Waals surface area contributed by atoms with E-state index in [0.29, 0.717) is 29.7 Å². The first-order valence-electron chi connectivity index (χ1n) is 7.74. The monoisotopic (exact) mass is 316 g/mol. The molecule has 3 rings (SSSR count). The highest BCUT2D eigenvalue weighted by Gasteiger charge is 2.34. The Hall–Kier alpha value is -2.44. The van der Waals surface area contributed by atoms with Gasteiger partial charge in [0, 0.05) is 30.3 Å². The molecule has 1 saturated heterocycles. The minimum Gasteiger partial charge on any atom is -0.481 e. The molecule has 122 valence electrons. The van der Waals surface area contributed by atoms with E-state index in [1.807, 2.05) is 13.8 Å². The van der Waals surface area contributed by atoms with Gasteiger partial charge in [0.05, 0.1) is 7.11 Å². The van der Waals surface area contributed by atoms with Gasteiger partial charge < -0.3 is 14.2 Å². The Labute approximate surface area is 134 Å². The van der Waals surface area contributed by atoms with Gasteiger partial charge in [-0.2, -0.15) is 4.98 Å². The molecule has 7 nitrogen and oxygen atoms in total. The van der Waals surface area contributed by atoms with Crippen LogP contribution in [0.1, 0.15) is 60.7 Å². The second-order valence-corrected chi connectivity index (χ2v) is 5.89.